The van der Waals surface area contributed by atoms with E-state index in [2.05, 4.69) is 4.85 Å². The van der Waals surface area contributed by atoms with Crippen molar-refractivity contribution in [1.82, 2.24) is 0 Å². The highest BCUT2D eigenvalue weighted by molar-refractivity contribution is 5.95. The molecule has 0 unspecified atom stereocenters. The van der Waals surface area contributed by atoms with E-state index in [1.165, 1.54) is 6.08 Å². The summed E-state index contributed by atoms with van der Waals surface area (Å²) < 4.78 is 4.78. The largest absolute Gasteiger partial charge is 0.507 e. The van der Waals surface area contributed by atoms with Crippen molar-refractivity contribution in [2.45, 2.75) is 20.8 Å². The fraction of sp³-hybridized carbons (Fsp3) is 0.286. The predicted octanol–water partition coefficient (Wildman–Crippen LogP) is 2.83. The molecule has 4 heteroatoms. The maximum atomic E-state index is 11.5. The standard InChI is InChI=1S/C14H15NO3/c1-5-18-14(17)12(15-4)8-11-6-9(2)13(16)10(3)7-11/h6-8,16H,5H2,1-3H3. The van der Waals surface area contributed by atoms with Crippen LogP contribution in [0.5, 0.6) is 5.75 Å². The number of carbonyl (C=O) groups excluding carboxylic acids is 1. The summed E-state index contributed by atoms with van der Waals surface area (Å²) in [5, 5.41) is 9.64. The zero-order chi connectivity index (χ0) is 13.7. The summed E-state index contributed by atoms with van der Waals surface area (Å²) in [7, 11) is 0. The first-order chi connectivity index (χ1) is 8.49. The third kappa shape index (κ3) is 3.11. The van der Waals surface area contributed by atoms with Crippen molar-refractivity contribution in [2.24, 2.45) is 0 Å². The molecule has 0 atom stereocenters. The highest BCUT2D eigenvalue weighted by Gasteiger charge is 2.11. The second-order valence-electron chi connectivity index (χ2n) is 3.87. The Hall–Kier alpha value is -2.28. The first-order valence-electron chi connectivity index (χ1n) is 5.56. The third-order valence-electron chi connectivity index (χ3n) is 2.42. The van der Waals surface area contributed by atoms with Gasteiger partial charge in [0.25, 0.3) is 5.70 Å². The lowest BCUT2D eigenvalue weighted by Crippen LogP contribution is -2.04. The minimum Gasteiger partial charge on any atom is -0.507 e. The first-order valence-corrected chi connectivity index (χ1v) is 5.56. The molecule has 0 saturated carbocycles. The molecule has 0 heterocycles. The van der Waals surface area contributed by atoms with E-state index in [-0.39, 0.29) is 18.1 Å². The molecule has 0 bridgehead atoms. The van der Waals surface area contributed by atoms with E-state index in [9.17, 15) is 9.90 Å². The smallest absolute Gasteiger partial charge is 0.336 e. The topological polar surface area (TPSA) is 50.9 Å². The molecule has 0 aliphatic heterocycles. The van der Waals surface area contributed by atoms with E-state index >= 15 is 0 Å². The van der Waals surface area contributed by atoms with E-state index in [0.29, 0.717) is 16.7 Å². The number of phenols is 1. The number of hydrogen-bond donors (Lipinski definition) is 1. The second kappa shape index (κ2) is 5.87. The van der Waals surface area contributed by atoms with Crippen molar-refractivity contribution >= 4 is 12.0 Å². The second-order valence-corrected chi connectivity index (χ2v) is 3.87. The molecule has 18 heavy (non-hydrogen) atoms. The van der Waals surface area contributed by atoms with E-state index < -0.39 is 5.97 Å². The van der Waals surface area contributed by atoms with Crippen LogP contribution in [0, 0.1) is 20.4 Å². The maximum absolute atomic E-state index is 11.5. The van der Waals surface area contributed by atoms with Gasteiger partial charge in [0, 0.05) is 0 Å². The molecule has 0 aliphatic rings. The van der Waals surface area contributed by atoms with E-state index in [1.807, 2.05) is 0 Å². The van der Waals surface area contributed by atoms with Crippen LogP contribution >= 0.6 is 0 Å². The minimum atomic E-state index is -0.629. The van der Waals surface area contributed by atoms with Crippen LogP contribution in [0.1, 0.15) is 23.6 Å². The number of phenolic OH excluding ortho intramolecular Hbond substituents is 1. The lowest BCUT2D eigenvalue weighted by molar-refractivity contribution is -0.138. The Morgan fingerprint density at radius 3 is 2.44 bits per heavy atom. The molecular weight excluding hydrogens is 230 g/mol. The van der Waals surface area contributed by atoms with E-state index in [0.717, 1.165) is 0 Å². The van der Waals surface area contributed by atoms with Crippen LogP contribution in [0.25, 0.3) is 10.9 Å². The Bertz CT molecular complexity index is 515. The lowest BCUT2D eigenvalue weighted by atomic mass is 10.0. The van der Waals surface area contributed by atoms with Gasteiger partial charge < -0.3 is 9.84 Å². The Morgan fingerprint density at radius 1 is 1.44 bits per heavy atom. The van der Waals surface area contributed by atoms with Crippen molar-refractivity contribution in [3.63, 3.8) is 0 Å². The van der Waals surface area contributed by atoms with Gasteiger partial charge in [0.15, 0.2) is 0 Å². The molecule has 0 radical (unpaired) electrons. The summed E-state index contributed by atoms with van der Waals surface area (Å²) in [5.41, 5.74) is 2.03. The quantitative estimate of drug-likeness (QED) is 0.506. The zero-order valence-electron chi connectivity index (χ0n) is 10.7. The average molecular weight is 245 g/mol. The summed E-state index contributed by atoms with van der Waals surface area (Å²) in [5.74, 6) is -0.400. The van der Waals surface area contributed by atoms with Crippen LogP contribution in [-0.4, -0.2) is 17.7 Å². The van der Waals surface area contributed by atoms with Gasteiger partial charge >= 0.3 is 5.97 Å². The number of esters is 1. The number of carbonyl (C=O) groups is 1. The Kier molecular flexibility index (Phi) is 4.50. The van der Waals surface area contributed by atoms with Gasteiger partial charge in [-0.15, -0.1) is 0 Å². The van der Waals surface area contributed by atoms with Crippen LogP contribution < -0.4 is 0 Å². The maximum Gasteiger partial charge on any atom is 0.336 e. The van der Waals surface area contributed by atoms with Gasteiger partial charge in [-0.3, -0.25) is 4.79 Å². The molecule has 0 amide bonds. The lowest BCUT2D eigenvalue weighted by Gasteiger charge is -2.05. The van der Waals surface area contributed by atoms with Gasteiger partial charge in [0.1, 0.15) is 5.75 Å². The van der Waals surface area contributed by atoms with Crippen LogP contribution in [-0.2, 0) is 9.53 Å². The number of aryl methyl sites for hydroxylation is 2. The molecule has 0 spiro atoms. The number of benzene rings is 1. The summed E-state index contributed by atoms with van der Waals surface area (Å²) >= 11 is 0. The minimum absolute atomic E-state index is 0.0682. The summed E-state index contributed by atoms with van der Waals surface area (Å²) in [6.45, 7) is 12.4. The van der Waals surface area contributed by atoms with Crippen molar-refractivity contribution in [3.05, 3.63) is 45.9 Å². The normalized spacial score (nSPS) is 10.9. The predicted molar refractivity (Wildman–Crippen MR) is 68.8 cm³/mol. The monoisotopic (exact) mass is 245 g/mol. The highest BCUT2D eigenvalue weighted by Crippen LogP contribution is 2.24. The van der Waals surface area contributed by atoms with Crippen LogP contribution in [0.4, 0.5) is 0 Å². The molecule has 4 nitrogen and oxygen atoms in total. The van der Waals surface area contributed by atoms with Crippen LogP contribution in [0.3, 0.4) is 0 Å². The van der Waals surface area contributed by atoms with Crippen molar-refractivity contribution in [2.75, 3.05) is 6.61 Å². The number of rotatable bonds is 3. The molecule has 1 aromatic rings. The highest BCUT2D eigenvalue weighted by atomic mass is 16.5. The Balaban J connectivity index is 3.15. The van der Waals surface area contributed by atoms with Crippen LogP contribution in [0.2, 0.25) is 0 Å². The van der Waals surface area contributed by atoms with Gasteiger partial charge in [-0.05, 0) is 55.7 Å². The van der Waals surface area contributed by atoms with Crippen LogP contribution in [0.15, 0.2) is 17.8 Å². The zero-order valence-corrected chi connectivity index (χ0v) is 10.7. The van der Waals surface area contributed by atoms with E-state index in [1.54, 1.807) is 32.9 Å². The molecule has 1 N–H and O–H groups in total. The van der Waals surface area contributed by atoms with Gasteiger partial charge in [0.2, 0.25) is 0 Å². The SMILES string of the molecule is [C-]#[N+]C(=Cc1cc(C)c(O)c(C)c1)C(=O)OCC. The molecule has 0 saturated heterocycles. The summed E-state index contributed by atoms with van der Waals surface area (Å²) in [6.07, 6.45) is 1.46. The molecule has 94 valence electrons. The Morgan fingerprint density at radius 2 is 2.00 bits per heavy atom. The summed E-state index contributed by atoms with van der Waals surface area (Å²) in [6, 6.07) is 3.43. The molecule has 0 aromatic heterocycles. The number of hydrogen-bond acceptors (Lipinski definition) is 3. The van der Waals surface area contributed by atoms with E-state index in [4.69, 9.17) is 11.3 Å². The van der Waals surface area contributed by atoms with Gasteiger partial charge in [-0.25, -0.2) is 4.85 Å². The van der Waals surface area contributed by atoms with Crippen molar-refractivity contribution < 1.29 is 14.6 Å². The van der Waals surface area contributed by atoms with Gasteiger partial charge in [-0.2, -0.15) is 0 Å². The number of ether oxygens (including phenoxy) is 1. The fourth-order valence-electron chi connectivity index (χ4n) is 1.57. The Labute approximate surface area is 106 Å². The van der Waals surface area contributed by atoms with Gasteiger partial charge in [-0.1, -0.05) is 0 Å². The van der Waals surface area contributed by atoms with Crippen molar-refractivity contribution in [1.29, 1.82) is 0 Å². The molecule has 0 fully saturated rings. The fourth-order valence-corrected chi connectivity index (χ4v) is 1.57. The molecular formula is C14H15NO3. The number of aromatic hydroxyl groups is 1. The third-order valence-corrected chi connectivity index (χ3v) is 2.42. The molecule has 0 aliphatic carbocycles. The molecule has 1 aromatic carbocycles. The van der Waals surface area contributed by atoms with Crippen molar-refractivity contribution in [3.8, 4) is 5.75 Å². The number of nitrogens with zero attached hydrogens (tertiary/aromatic N) is 1. The first kappa shape index (κ1) is 13.8. The average Bonchev–Trinajstić information content (AvgIpc) is 2.33. The summed E-state index contributed by atoms with van der Waals surface area (Å²) in [4.78, 5) is 14.6. The molecule has 1 rings (SSSR count). The van der Waals surface area contributed by atoms with Gasteiger partial charge in [0.05, 0.1) is 13.2 Å².